The lowest BCUT2D eigenvalue weighted by Crippen LogP contribution is -1.85. The molecule has 0 fully saturated rings. The minimum atomic E-state index is -0.125. The molecular formula is C18H20N2O2. The minimum Gasteiger partial charge on any atom is -0.394 e. The second-order valence-corrected chi connectivity index (χ2v) is 4.58. The summed E-state index contributed by atoms with van der Waals surface area (Å²) >= 11 is 0. The molecule has 2 aromatic carbocycles. The molecule has 0 aliphatic rings. The molecule has 0 aliphatic heterocycles. The van der Waals surface area contributed by atoms with Gasteiger partial charge in [0.05, 0.1) is 13.2 Å². The number of aliphatic hydroxyl groups excluding tert-OH is 2. The number of H-pyrrole nitrogens is 2. The van der Waals surface area contributed by atoms with Crippen LogP contribution in [0.15, 0.2) is 73.1 Å². The standard InChI is InChI=1S/2C8H7N.C2H6O2/c2*1-2-4-8-7(3-1)5-6-9-8;3-1-2-4/h2*1-6,9H;3-4H,1-2H2. The van der Waals surface area contributed by atoms with Gasteiger partial charge in [-0.25, -0.2) is 0 Å². The molecular weight excluding hydrogens is 276 g/mol. The first-order chi connectivity index (χ1) is 10.8. The number of para-hydroxylation sites is 2. The van der Waals surface area contributed by atoms with Gasteiger partial charge in [-0.2, -0.15) is 0 Å². The number of nitrogens with one attached hydrogen (secondary N) is 2. The van der Waals surface area contributed by atoms with E-state index in [0.717, 1.165) is 0 Å². The second kappa shape index (κ2) is 8.67. The van der Waals surface area contributed by atoms with E-state index in [4.69, 9.17) is 10.2 Å². The topological polar surface area (TPSA) is 72.0 Å². The van der Waals surface area contributed by atoms with E-state index >= 15 is 0 Å². The molecule has 0 unspecified atom stereocenters. The number of rotatable bonds is 1. The highest BCUT2D eigenvalue weighted by atomic mass is 16.3. The molecule has 0 radical (unpaired) electrons. The summed E-state index contributed by atoms with van der Waals surface area (Å²) in [6, 6.07) is 20.6. The predicted octanol–water partition coefficient (Wildman–Crippen LogP) is 3.31. The smallest absolute Gasteiger partial charge is 0.0662 e. The molecule has 2 aromatic heterocycles. The minimum absolute atomic E-state index is 0.125. The van der Waals surface area contributed by atoms with E-state index in [1.807, 2.05) is 36.7 Å². The number of hydrogen-bond acceptors (Lipinski definition) is 2. The van der Waals surface area contributed by atoms with E-state index in [1.54, 1.807) is 0 Å². The molecule has 0 amide bonds. The first-order valence-corrected chi connectivity index (χ1v) is 7.11. The van der Waals surface area contributed by atoms with Crippen molar-refractivity contribution in [3.63, 3.8) is 0 Å². The second-order valence-electron chi connectivity index (χ2n) is 4.58. The van der Waals surface area contributed by atoms with Crippen molar-refractivity contribution in [1.29, 1.82) is 0 Å². The number of fused-ring (bicyclic) bond motifs is 2. The lowest BCUT2D eigenvalue weighted by atomic mass is 10.3. The summed E-state index contributed by atoms with van der Waals surface area (Å²) in [4.78, 5) is 6.24. The Hall–Kier alpha value is -2.56. The third-order valence-corrected chi connectivity index (χ3v) is 3.03. The third-order valence-electron chi connectivity index (χ3n) is 3.03. The number of hydrogen-bond donors (Lipinski definition) is 4. The van der Waals surface area contributed by atoms with E-state index < -0.39 is 0 Å². The summed E-state index contributed by atoms with van der Waals surface area (Å²) < 4.78 is 0. The van der Waals surface area contributed by atoms with Gasteiger partial charge >= 0.3 is 0 Å². The lowest BCUT2D eigenvalue weighted by Gasteiger charge is -1.83. The van der Waals surface area contributed by atoms with Crippen molar-refractivity contribution in [2.75, 3.05) is 13.2 Å². The van der Waals surface area contributed by atoms with Crippen molar-refractivity contribution in [2.24, 2.45) is 0 Å². The van der Waals surface area contributed by atoms with Crippen molar-refractivity contribution < 1.29 is 10.2 Å². The highest BCUT2D eigenvalue weighted by Crippen LogP contribution is 2.09. The van der Waals surface area contributed by atoms with Crippen LogP contribution in [0.2, 0.25) is 0 Å². The van der Waals surface area contributed by atoms with Crippen LogP contribution in [0, 0.1) is 0 Å². The van der Waals surface area contributed by atoms with Crippen molar-refractivity contribution in [1.82, 2.24) is 9.97 Å². The zero-order valence-electron chi connectivity index (χ0n) is 12.2. The third kappa shape index (κ3) is 4.48. The maximum absolute atomic E-state index is 7.62. The molecule has 0 saturated heterocycles. The fraction of sp³-hybridized carbons (Fsp3) is 0.111. The Labute approximate surface area is 129 Å². The summed E-state index contributed by atoms with van der Waals surface area (Å²) in [6.07, 6.45) is 3.90. The maximum Gasteiger partial charge on any atom is 0.0662 e. The normalized spacial score (nSPS) is 9.73. The van der Waals surface area contributed by atoms with Gasteiger partial charge in [0.1, 0.15) is 0 Å². The highest BCUT2D eigenvalue weighted by Gasteiger charge is 1.87. The van der Waals surface area contributed by atoms with Gasteiger partial charge in [-0.05, 0) is 35.0 Å². The summed E-state index contributed by atoms with van der Waals surface area (Å²) in [5, 5.41) is 17.8. The van der Waals surface area contributed by atoms with Crippen LogP contribution < -0.4 is 0 Å². The lowest BCUT2D eigenvalue weighted by molar-refractivity contribution is 0.186. The molecule has 0 saturated carbocycles. The van der Waals surface area contributed by atoms with Crippen molar-refractivity contribution in [3.05, 3.63) is 73.1 Å². The number of aromatic amines is 2. The Morgan fingerprint density at radius 2 is 1.00 bits per heavy atom. The van der Waals surface area contributed by atoms with Gasteiger partial charge in [-0.3, -0.25) is 0 Å². The van der Waals surface area contributed by atoms with Crippen LogP contribution in [-0.4, -0.2) is 33.4 Å². The highest BCUT2D eigenvalue weighted by molar-refractivity contribution is 5.79. The molecule has 0 aliphatic carbocycles. The van der Waals surface area contributed by atoms with Crippen LogP contribution in [0.25, 0.3) is 21.8 Å². The van der Waals surface area contributed by atoms with E-state index in [-0.39, 0.29) is 13.2 Å². The SMILES string of the molecule is OCCO.c1ccc2[nH]ccc2c1.c1ccc2[nH]ccc2c1. The molecule has 4 heteroatoms. The Balaban J connectivity index is 0.000000131. The molecule has 4 N–H and O–H groups in total. The van der Waals surface area contributed by atoms with Crippen molar-refractivity contribution in [2.45, 2.75) is 0 Å². The van der Waals surface area contributed by atoms with Crippen LogP contribution in [-0.2, 0) is 0 Å². The monoisotopic (exact) mass is 296 g/mol. The Bertz CT molecular complexity index is 661. The fourth-order valence-electron chi connectivity index (χ4n) is 1.99. The molecule has 0 bridgehead atoms. The summed E-state index contributed by atoms with van der Waals surface area (Å²) in [6.45, 7) is -0.250. The molecule has 2 heterocycles. The largest absolute Gasteiger partial charge is 0.394 e. The Kier molecular flexibility index (Phi) is 6.23. The molecule has 4 aromatic rings. The van der Waals surface area contributed by atoms with Gasteiger partial charge in [0, 0.05) is 23.4 Å². The number of aliphatic hydroxyl groups is 2. The van der Waals surface area contributed by atoms with E-state index in [1.165, 1.54) is 21.8 Å². The average Bonchev–Trinajstić information content (AvgIpc) is 3.24. The maximum atomic E-state index is 7.62. The van der Waals surface area contributed by atoms with Gasteiger partial charge in [0.2, 0.25) is 0 Å². The molecule has 0 spiro atoms. The fourth-order valence-corrected chi connectivity index (χ4v) is 1.99. The van der Waals surface area contributed by atoms with Crippen LogP contribution in [0.4, 0.5) is 0 Å². The summed E-state index contributed by atoms with van der Waals surface area (Å²) in [5.74, 6) is 0. The summed E-state index contributed by atoms with van der Waals surface area (Å²) in [5.41, 5.74) is 2.41. The Morgan fingerprint density at radius 3 is 1.36 bits per heavy atom. The van der Waals surface area contributed by atoms with Gasteiger partial charge in [-0.1, -0.05) is 36.4 Å². The first-order valence-electron chi connectivity index (χ1n) is 7.11. The van der Waals surface area contributed by atoms with Crippen LogP contribution in [0.3, 0.4) is 0 Å². The van der Waals surface area contributed by atoms with Gasteiger partial charge in [-0.15, -0.1) is 0 Å². The van der Waals surface area contributed by atoms with Crippen molar-refractivity contribution >= 4 is 21.8 Å². The quantitative estimate of drug-likeness (QED) is 0.435. The van der Waals surface area contributed by atoms with Gasteiger partial charge in [0.15, 0.2) is 0 Å². The molecule has 22 heavy (non-hydrogen) atoms. The van der Waals surface area contributed by atoms with Gasteiger partial charge in [0.25, 0.3) is 0 Å². The zero-order valence-corrected chi connectivity index (χ0v) is 12.2. The summed E-state index contributed by atoms with van der Waals surface area (Å²) in [7, 11) is 0. The number of benzene rings is 2. The van der Waals surface area contributed by atoms with Crippen LogP contribution in [0.1, 0.15) is 0 Å². The van der Waals surface area contributed by atoms with E-state index in [2.05, 4.69) is 46.4 Å². The van der Waals surface area contributed by atoms with Crippen molar-refractivity contribution in [3.8, 4) is 0 Å². The van der Waals surface area contributed by atoms with E-state index in [0.29, 0.717) is 0 Å². The Morgan fingerprint density at radius 1 is 0.591 bits per heavy atom. The molecule has 4 rings (SSSR count). The zero-order chi connectivity index (χ0) is 15.6. The van der Waals surface area contributed by atoms with Gasteiger partial charge < -0.3 is 20.2 Å². The average molecular weight is 296 g/mol. The predicted molar refractivity (Wildman–Crippen MR) is 90.8 cm³/mol. The van der Waals surface area contributed by atoms with Crippen LogP contribution in [0.5, 0.6) is 0 Å². The molecule has 4 nitrogen and oxygen atoms in total. The van der Waals surface area contributed by atoms with E-state index in [9.17, 15) is 0 Å². The molecule has 114 valence electrons. The number of aromatic nitrogens is 2. The molecule has 0 atom stereocenters. The first kappa shape index (κ1) is 15.8. The van der Waals surface area contributed by atoms with Crippen LogP contribution >= 0.6 is 0 Å².